The summed E-state index contributed by atoms with van der Waals surface area (Å²) in [6.45, 7) is 4.79. The lowest BCUT2D eigenvalue weighted by Crippen LogP contribution is -2.29. The van der Waals surface area contributed by atoms with Crippen LogP contribution in [0.3, 0.4) is 0 Å². The Morgan fingerprint density at radius 1 is 1.11 bits per heavy atom. The SMILES string of the molecule is Cc1noc(C)c1CCC(=O)NCCNc1ccc(Nc2cccnc2)nn1. The second-order valence-corrected chi connectivity index (χ2v) is 6.25. The van der Waals surface area contributed by atoms with Gasteiger partial charge in [0.15, 0.2) is 5.82 Å². The van der Waals surface area contributed by atoms with Gasteiger partial charge in [-0.3, -0.25) is 9.78 Å². The number of pyridine rings is 1. The van der Waals surface area contributed by atoms with Gasteiger partial charge < -0.3 is 20.5 Å². The van der Waals surface area contributed by atoms with Gasteiger partial charge in [-0.2, -0.15) is 0 Å². The Labute approximate surface area is 163 Å². The maximum Gasteiger partial charge on any atom is 0.220 e. The second kappa shape index (κ2) is 9.45. The van der Waals surface area contributed by atoms with Crippen LogP contribution < -0.4 is 16.0 Å². The molecule has 0 unspecified atom stereocenters. The highest BCUT2D eigenvalue weighted by Crippen LogP contribution is 2.14. The van der Waals surface area contributed by atoms with E-state index in [0.29, 0.717) is 37.6 Å². The Bertz CT molecular complexity index is 875. The van der Waals surface area contributed by atoms with Gasteiger partial charge in [-0.1, -0.05) is 5.16 Å². The smallest absolute Gasteiger partial charge is 0.220 e. The van der Waals surface area contributed by atoms with E-state index in [2.05, 4.69) is 36.3 Å². The third-order valence-corrected chi connectivity index (χ3v) is 4.14. The first kappa shape index (κ1) is 19.3. The molecule has 28 heavy (non-hydrogen) atoms. The van der Waals surface area contributed by atoms with E-state index in [1.54, 1.807) is 12.4 Å². The number of nitrogens with zero attached hydrogens (tertiary/aromatic N) is 4. The third-order valence-electron chi connectivity index (χ3n) is 4.14. The minimum Gasteiger partial charge on any atom is -0.367 e. The molecule has 0 aromatic carbocycles. The second-order valence-electron chi connectivity index (χ2n) is 6.25. The number of hydrogen-bond acceptors (Lipinski definition) is 8. The molecule has 0 aliphatic heterocycles. The van der Waals surface area contributed by atoms with Crippen molar-refractivity contribution in [1.82, 2.24) is 25.7 Å². The minimum atomic E-state index is -0.0103. The van der Waals surface area contributed by atoms with E-state index in [9.17, 15) is 4.79 Å². The summed E-state index contributed by atoms with van der Waals surface area (Å²) in [5.41, 5.74) is 2.69. The third kappa shape index (κ3) is 5.50. The highest BCUT2D eigenvalue weighted by Gasteiger charge is 2.10. The first-order valence-corrected chi connectivity index (χ1v) is 9.05. The number of aryl methyl sites for hydroxylation is 2. The predicted octanol–water partition coefficient (Wildman–Crippen LogP) is 2.38. The summed E-state index contributed by atoms with van der Waals surface area (Å²) in [4.78, 5) is 16.0. The summed E-state index contributed by atoms with van der Waals surface area (Å²) in [7, 11) is 0. The molecule has 0 saturated heterocycles. The van der Waals surface area contributed by atoms with Gasteiger partial charge >= 0.3 is 0 Å². The van der Waals surface area contributed by atoms with E-state index in [4.69, 9.17) is 4.52 Å². The maximum atomic E-state index is 12.0. The Morgan fingerprint density at radius 2 is 1.93 bits per heavy atom. The fourth-order valence-electron chi connectivity index (χ4n) is 2.66. The molecule has 3 rings (SSSR count). The van der Waals surface area contributed by atoms with Gasteiger partial charge in [0.2, 0.25) is 5.91 Å². The zero-order valence-corrected chi connectivity index (χ0v) is 15.9. The van der Waals surface area contributed by atoms with Crippen molar-refractivity contribution in [1.29, 1.82) is 0 Å². The predicted molar refractivity (Wildman–Crippen MR) is 105 cm³/mol. The summed E-state index contributed by atoms with van der Waals surface area (Å²) in [5, 5.41) is 21.2. The lowest BCUT2D eigenvalue weighted by atomic mass is 10.1. The van der Waals surface area contributed by atoms with Gasteiger partial charge in [0.05, 0.1) is 17.6 Å². The Hall–Kier alpha value is -3.49. The molecule has 146 valence electrons. The number of amides is 1. The van der Waals surface area contributed by atoms with Crippen molar-refractivity contribution in [2.24, 2.45) is 0 Å². The van der Waals surface area contributed by atoms with E-state index in [1.807, 2.05) is 38.1 Å². The number of rotatable bonds is 9. The topological polar surface area (TPSA) is 118 Å². The van der Waals surface area contributed by atoms with Crippen LogP contribution >= 0.6 is 0 Å². The molecule has 0 radical (unpaired) electrons. The zero-order chi connectivity index (χ0) is 19.8. The lowest BCUT2D eigenvalue weighted by molar-refractivity contribution is -0.120. The van der Waals surface area contributed by atoms with E-state index in [-0.39, 0.29) is 5.91 Å². The highest BCUT2D eigenvalue weighted by molar-refractivity contribution is 5.76. The van der Waals surface area contributed by atoms with Crippen LogP contribution in [-0.2, 0) is 11.2 Å². The molecule has 9 heteroatoms. The summed E-state index contributed by atoms with van der Waals surface area (Å²) in [6, 6.07) is 7.39. The highest BCUT2D eigenvalue weighted by atomic mass is 16.5. The van der Waals surface area contributed by atoms with E-state index in [0.717, 1.165) is 22.7 Å². The number of aromatic nitrogens is 4. The zero-order valence-electron chi connectivity index (χ0n) is 15.9. The van der Waals surface area contributed by atoms with Crippen LogP contribution in [-0.4, -0.2) is 39.3 Å². The van der Waals surface area contributed by atoms with Crippen LogP contribution in [0.5, 0.6) is 0 Å². The average Bonchev–Trinajstić information content (AvgIpc) is 3.03. The van der Waals surface area contributed by atoms with Crippen molar-refractivity contribution in [3.8, 4) is 0 Å². The molecular formula is C19H23N7O2. The van der Waals surface area contributed by atoms with Gasteiger partial charge in [0, 0.05) is 31.3 Å². The molecule has 3 heterocycles. The van der Waals surface area contributed by atoms with Crippen molar-refractivity contribution in [2.75, 3.05) is 23.7 Å². The van der Waals surface area contributed by atoms with Gasteiger partial charge in [-0.15, -0.1) is 10.2 Å². The largest absolute Gasteiger partial charge is 0.367 e. The molecule has 3 N–H and O–H groups in total. The number of hydrogen-bond donors (Lipinski definition) is 3. The van der Waals surface area contributed by atoms with Crippen LogP contribution in [0.25, 0.3) is 0 Å². The van der Waals surface area contributed by atoms with Crippen LogP contribution in [0, 0.1) is 13.8 Å². The quantitative estimate of drug-likeness (QED) is 0.484. The first-order valence-electron chi connectivity index (χ1n) is 9.05. The molecule has 0 aliphatic rings. The molecule has 0 spiro atoms. The van der Waals surface area contributed by atoms with E-state index in [1.165, 1.54) is 0 Å². The fraction of sp³-hybridized carbons (Fsp3) is 0.316. The summed E-state index contributed by atoms with van der Waals surface area (Å²) >= 11 is 0. The summed E-state index contributed by atoms with van der Waals surface area (Å²) < 4.78 is 5.10. The molecule has 0 saturated carbocycles. The number of anilines is 3. The normalized spacial score (nSPS) is 10.5. The summed E-state index contributed by atoms with van der Waals surface area (Å²) in [6.07, 6.45) is 4.44. The Balaban J connectivity index is 1.35. The van der Waals surface area contributed by atoms with Crippen molar-refractivity contribution in [2.45, 2.75) is 26.7 Å². The molecule has 3 aromatic rings. The van der Waals surface area contributed by atoms with Crippen molar-refractivity contribution in [3.63, 3.8) is 0 Å². The van der Waals surface area contributed by atoms with Gasteiger partial charge in [0.25, 0.3) is 0 Å². The molecule has 9 nitrogen and oxygen atoms in total. The maximum absolute atomic E-state index is 12.0. The molecule has 1 amide bonds. The Kier molecular flexibility index (Phi) is 6.50. The minimum absolute atomic E-state index is 0.0103. The van der Waals surface area contributed by atoms with Gasteiger partial charge in [-0.05, 0) is 44.5 Å². The number of nitrogens with one attached hydrogen (secondary N) is 3. The van der Waals surface area contributed by atoms with Crippen LogP contribution in [0.15, 0.2) is 41.2 Å². The Morgan fingerprint density at radius 3 is 2.61 bits per heavy atom. The standard InChI is InChI=1S/C19H23N7O2/c1-13-16(14(2)28-26-13)5-8-19(27)22-11-10-21-17-6-7-18(25-24-17)23-15-4-3-9-20-12-15/h3-4,6-7,9,12H,5,8,10-11H2,1-2H3,(H,21,24)(H,22,27)(H,23,25). The molecule has 3 aromatic heterocycles. The fourth-order valence-corrected chi connectivity index (χ4v) is 2.66. The molecule has 0 bridgehead atoms. The van der Waals surface area contributed by atoms with Crippen LogP contribution in [0.1, 0.15) is 23.4 Å². The van der Waals surface area contributed by atoms with Gasteiger partial charge in [0.1, 0.15) is 11.6 Å². The molecule has 0 aliphatic carbocycles. The van der Waals surface area contributed by atoms with E-state index >= 15 is 0 Å². The monoisotopic (exact) mass is 381 g/mol. The number of carbonyl (C=O) groups excluding carboxylic acids is 1. The van der Waals surface area contributed by atoms with Crippen molar-refractivity contribution >= 4 is 23.2 Å². The van der Waals surface area contributed by atoms with Crippen molar-refractivity contribution in [3.05, 3.63) is 53.7 Å². The van der Waals surface area contributed by atoms with E-state index < -0.39 is 0 Å². The number of carbonyl (C=O) groups is 1. The van der Waals surface area contributed by atoms with Crippen molar-refractivity contribution < 1.29 is 9.32 Å². The average molecular weight is 381 g/mol. The molecular weight excluding hydrogens is 358 g/mol. The van der Waals surface area contributed by atoms with Gasteiger partial charge in [-0.25, -0.2) is 0 Å². The van der Waals surface area contributed by atoms with Crippen LogP contribution in [0.4, 0.5) is 17.3 Å². The molecule has 0 atom stereocenters. The summed E-state index contributed by atoms with van der Waals surface area (Å²) in [5.74, 6) is 2.03. The van der Waals surface area contributed by atoms with Crippen LogP contribution in [0.2, 0.25) is 0 Å². The molecule has 0 fully saturated rings. The lowest BCUT2D eigenvalue weighted by Gasteiger charge is -2.08. The first-order chi connectivity index (χ1) is 13.6.